The number of nitrogens with one attached hydrogen (secondary N) is 2. The van der Waals surface area contributed by atoms with Crippen LogP contribution in [0.25, 0.3) is 0 Å². The molecule has 2 N–H and O–H groups in total. The number of likely N-dealkylation sites (tertiary alicyclic amines) is 1. The highest BCUT2D eigenvalue weighted by atomic mass is 32.1. The average molecular weight is 447 g/mol. The van der Waals surface area contributed by atoms with E-state index in [1.807, 2.05) is 19.2 Å². The van der Waals surface area contributed by atoms with E-state index >= 15 is 0 Å². The number of ether oxygens (including phenoxy) is 3. The van der Waals surface area contributed by atoms with E-state index in [1.54, 1.807) is 32.7 Å². The molecule has 1 aliphatic heterocycles. The van der Waals surface area contributed by atoms with E-state index in [-0.39, 0.29) is 0 Å². The van der Waals surface area contributed by atoms with Crippen LogP contribution in [0, 0.1) is 0 Å². The third-order valence-corrected chi connectivity index (χ3v) is 6.35. The number of rotatable bonds is 9. The molecular weight excluding hydrogens is 412 g/mol. The molecule has 0 saturated carbocycles. The van der Waals surface area contributed by atoms with Gasteiger partial charge in [-0.15, -0.1) is 0 Å². The quantitative estimate of drug-likeness (QED) is 0.456. The second kappa shape index (κ2) is 11.8. The fourth-order valence-corrected chi connectivity index (χ4v) is 4.55. The molecule has 1 aromatic carbocycles. The predicted molar refractivity (Wildman–Crippen MR) is 127 cm³/mol. The Labute approximate surface area is 189 Å². The summed E-state index contributed by atoms with van der Waals surface area (Å²) in [4.78, 5) is 6.93. The minimum Gasteiger partial charge on any atom is -0.496 e. The van der Waals surface area contributed by atoms with E-state index in [2.05, 4.69) is 37.4 Å². The Hall–Kier alpha value is -2.45. The largest absolute Gasteiger partial charge is 0.496 e. The Bertz CT molecular complexity index is 808. The molecule has 2 heterocycles. The summed E-state index contributed by atoms with van der Waals surface area (Å²) in [5, 5.41) is 11.4. The molecule has 170 valence electrons. The lowest BCUT2D eigenvalue weighted by molar-refractivity contribution is 0.198. The third-order valence-electron chi connectivity index (χ3n) is 5.62. The molecule has 1 saturated heterocycles. The molecule has 8 heteroatoms. The summed E-state index contributed by atoms with van der Waals surface area (Å²) in [7, 11) is 6.78. The number of thiophene rings is 1. The molecule has 0 aliphatic carbocycles. The second-order valence-corrected chi connectivity index (χ2v) is 8.37. The van der Waals surface area contributed by atoms with E-state index in [0.29, 0.717) is 11.8 Å². The first kappa shape index (κ1) is 23.2. The van der Waals surface area contributed by atoms with Gasteiger partial charge in [-0.2, -0.15) is 11.3 Å². The van der Waals surface area contributed by atoms with Crippen LogP contribution in [0.15, 0.2) is 34.0 Å². The van der Waals surface area contributed by atoms with Gasteiger partial charge in [0.15, 0.2) is 5.96 Å². The van der Waals surface area contributed by atoms with E-state index in [0.717, 1.165) is 68.5 Å². The van der Waals surface area contributed by atoms with E-state index in [1.165, 1.54) is 5.56 Å². The van der Waals surface area contributed by atoms with Gasteiger partial charge in [0.25, 0.3) is 0 Å². The van der Waals surface area contributed by atoms with Crippen LogP contribution in [0.4, 0.5) is 0 Å². The third kappa shape index (κ3) is 6.51. The van der Waals surface area contributed by atoms with Gasteiger partial charge < -0.3 is 24.8 Å². The van der Waals surface area contributed by atoms with Crippen LogP contribution in [0.5, 0.6) is 17.2 Å². The normalized spacial score (nSPS) is 15.5. The maximum absolute atomic E-state index is 5.55. The van der Waals surface area contributed by atoms with Crippen molar-refractivity contribution in [1.29, 1.82) is 0 Å². The number of hydrogen-bond donors (Lipinski definition) is 2. The average Bonchev–Trinajstić information content (AvgIpc) is 3.32. The summed E-state index contributed by atoms with van der Waals surface area (Å²) in [6.07, 6.45) is 2.98. The van der Waals surface area contributed by atoms with Crippen LogP contribution >= 0.6 is 11.3 Å². The van der Waals surface area contributed by atoms with Crippen molar-refractivity contribution in [3.8, 4) is 17.2 Å². The van der Waals surface area contributed by atoms with Crippen LogP contribution in [-0.4, -0.2) is 64.9 Å². The van der Waals surface area contributed by atoms with Gasteiger partial charge in [0.05, 0.1) is 21.3 Å². The number of guanidine groups is 1. The highest BCUT2D eigenvalue weighted by molar-refractivity contribution is 7.07. The summed E-state index contributed by atoms with van der Waals surface area (Å²) >= 11 is 1.77. The highest BCUT2D eigenvalue weighted by Crippen LogP contribution is 2.34. The zero-order valence-electron chi connectivity index (χ0n) is 18.9. The number of methoxy groups -OCH3 is 3. The van der Waals surface area contributed by atoms with E-state index in [4.69, 9.17) is 14.2 Å². The van der Waals surface area contributed by atoms with Gasteiger partial charge in [0, 0.05) is 57.0 Å². The molecule has 1 aliphatic rings. The second-order valence-electron chi connectivity index (χ2n) is 7.59. The fourth-order valence-electron chi connectivity index (χ4n) is 3.89. The van der Waals surface area contributed by atoms with Crippen LogP contribution < -0.4 is 24.8 Å². The lowest BCUT2D eigenvalue weighted by atomic mass is 10.0. The lowest BCUT2D eigenvalue weighted by Gasteiger charge is -2.33. The standard InChI is InChI=1S/C23H34N4O3S/c1-24-23(26-18-6-10-27(11-7-18)15-17-8-12-31-16-17)25-9-5-20-21(29-3)13-19(28-2)14-22(20)30-4/h8,12-14,16,18H,5-7,9-11,15H2,1-4H3,(H2,24,25,26). The Morgan fingerprint density at radius 1 is 1.13 bits per heavy atom. The number of nitrogens with zero attached hydrogens (tertiary/aromatic N) is 2. The molecule has 1 aromatic heterocycles. The minimum absolute atomic E-state index is 0.440. The van der Waals surface area contributed by atoms with Crippen molar-refractivity contribution in [2.45, 2.75) is 31.8 Å². The predicted octanol–water partition coefficient (Wildman–Crippen LogP) is 3.15. The zero-order chi connectivity index (χ0) is 22.1. The summed E-state index contributed by atoms with van der Waals surface area (Å²) < 4.78 is 16.4. The topological polar surface area (TPSA) is 67.4 Å². The smallest absolute Gasteiger partial charge is 0.191 e. The molecule has 0 spiro atoms. The Balaban J connectivity index is 1.47. The summed E-state index contributed by atoms with van der Waals surface area (Å²) in [6.45, 7) is 3.97. The summed E-state index contributed by atoms with van der Waals surface area (Å²) in [5.41, 5.74) is 2.42. The van der Waals surface area contributed by atoms with Gasteiger partial charge in [-0.05, 0) is 41.7 Å². The van der Waals surface area contributed by atoms with Crippen molar-refractivity contribution >= 4 is 17.3 Å². The number of hydrogen-bond acceptors (Lipinski definition) is 6. The van der Waals surface area contributed by atoms with Crippen molar-refractivity contribution in [1.82, 2.24) is 15.5 Å². The lowest BCUT2D eigenvalue weighted by Crippen LogP contribution is -2.48. The van der Waals surface area contributed by atoms with Crippen LogP contribution in [0.3, 0.4) is 0 Å². The molecule has 0 amide bonds. The van der Waals surface area contributed by atoms with E-state index < -0.39 is 0 Å². The molecule has 1 fully saturated rings. The number of piperidine rings is 1. The molecule has 0 radical (unpaired) electrons. The van der Waals surface area contributed by atoms with Crippen LogP contribution in [0.1, 0.15) is 24.0 Å². The van der Waals surface area contributed by atoms with Crippen molar-refractivity contribution in [2.75, 3.05) is 48.0 Å². The monoisotopic (exact) mass is 446 g/mol. The molecule has 0 atom stereocenters. The van der Waals surface area contributed by atoms with Gasteiger partial charge in [0.2, 0.25) is 0 Å². The van der Waals surface area contributed by atoms with Gasteiger partial charge >= 0.3 is 0 Å². The van der Waals surface area contributed by atoms with Gasteiger partial charge in [-0.1, -0.05) is 0 Å². The zero-order valence-corrected chi connectivity index (χ0v) is 19.8. The van der Waals surface area contributed by atoms with Gasteiger partial charge in [-0.3, -0.25) is 9.89 Å². The molecule has 0 bridgehead atoms. The molecular formula is C23H34N4O3S. The van der Waals surface area contributed by atoms with Crippen molar-refractivity contribution in [3.63, 3.8) is 0 Å². The number of aliphatic imine (C=N–C) groups is 1. The summed E-state index contributed by atoms with van der Waals surface area (Å²) in [5.74, 6) is 3.08. The molecule has 7 nitrogen and oxygen atoms in total. The highest BCUT2D eigenvalue weighted by Gasteiger charge is 2.20. The van der Waals surface area contributed by atoms with E-state index in [9.17, 15) is 0 Å². The Kier molecular flexibility index (Phi) is 8.85. The van der Waals surface area contributed by atoms with Gasteiger partial charge in [0.1, 0.15) is 17.2 Å². The first-order valence-electron chi connectivity index (χ1n) is 10.7. The first-order valence-corrected chi connectivity index (χ1v) is 11.6. The molecule has 31 heavy (non-hydrogen) atoms. The van der Waals surface area contributed by atoms with Crippen LogP contribution in [-0.2, 0) is 13.0 Å². The molecule has 3 rings (SSSR count). The first-order chi connectivity index (χ1) is 15.2. The SMILES string of the molecule is CN=C(NCCc1c(OC)cc(OC)cc1OC)NC1CCN(Cc2ccsc2)CC1. The minimum atomic E-state index is 0.440. The Morgan fingerprint density at radius 2 is 1.84 bits per heavy atom. The fraction of sp³-hybridized carbons (Fsp3) is 0.522. The maximum atomic E-state index is 5.55. The van der Waals surface area contributed by atoms with Crippen molar-refractivity contribution in [3.05, 3.63) is 40.1 Å². The Morgan fingerprint density at radius 3 is 2.39 bits per heavy atom. The van der Waals surface area contributed by atoms with Crippen molar-refractivity contribution in [2.24, 2.45) is 4.99 Å². The van der Waals surface area contributed by atoms with Crippen molar-refractivity contribution < 1.29 is 14.2 Å². The van der Waals surface area contributed by atoms with Gasteiger partial charge in [-0.25, -0.2) is 0 Å². The van der Waals surface area contributed by atoms with Crippen LogP contribution in [0.2, 0.25) is 0 Å². The number of benzene rings is 1. The molecule has 0 unspecified atom stereocenters. The molecule has 2 aromatic rings. The summed E-state index contributed by atoms with van der Waals surface area (Å²) in [6, 6.07) is 6.42. The maximum Gasteiger partial charge on any atom is 0.191 e.